The van der Waals surface area contributed by atoms with E-state index in [4.69, 9.17) is 5.73 Å². The molecule has 1 aliphatic rings. The fourth-order valence-corrected chi connectivity index (χ4v) is 1.98. The molecule has 1 aliphatic heterocycles. The minimum Gasteiger partial charge on any atom is -0.332 e. The van der Waals surface area contributed by atoms with Crippen LogP contribution in [0.2, 0.25) is 0 Å². The van der Waals surface area contributed by atoms with E-state index in [1.807, 2.05) is 13.8 Å². The Kier molecular flexibility index (Phi) is 5.41. The summed E-state index contributed by atoms with van der Waals surface area (Å²) in [5.74, 6) is 0.120. The quantitative estimate of drug-likeness (QED) is 0.722. The third-order valence-electron chi connectivity index (χ3n) is 2.94. The van der Waals surface area contributed by atoms with E-state index in [0.29, 0.717) is 13.1 Å². The van der Waals surface area contributed by atoms with Crippen molar-refractivity contribution in [3.63, 3.8) is 0 Å². The molecule has 0 aliphatic carbocycles. The van der Waals surface area contributed by atoms with Crippen LogP contribution in [-0.2, 0) is 9.59 Å². The number of hydrogen-bond donors (Lipinski definition) is 1. The van der Waals surface area contributed by atoms with E-state index < -0.39 is 0 Å². The summed E-state index contributed by atoms with van der Waals surface area (Å²) in [6, 6.07) is 0.155. The van der Waals surface area contributed by atoms with Crippen molar-refractivity contribution in [2.45, 2.75) is 39.2 Å². The predicted molar refractivity (Wildman–Crippen MR) is 66.3 cm³/mol. The maximum Gasteiger partial charge on any atom is 0.242 e. The Hall–Kier alpha value is -1.10. The van der Waals surface area contributed by atoms with Gasteiger partial charge in [0.15, 0.2) is 0 Å². The molecule has 1 atom stereocenters. The molecule has 0 radical (unpaired) electrons. The molecule has 0 spiro atoms. The van der Waals surface area contributed by atoms with Gasteiger partial charge in [0, 0.05) is 19.1 Å². The molecule has 2 amide bonds. The van der Waals surface area contributed by atoms with Gasteiger partial charge in [-0.2, -0.15) is 0 Å². The highest BCUT2D eigenvalue weighted by Gasteiger charge is 2.28. The molecule has 1 saturated heterocycles. The smallest absolute Gasteiger partial charge is 0.242 e. The third-order valence-corrected chi connectivity index (χ3v) is 2.94. The van der Waals surface area contributed by atoms with Gasteiger partial charge in [-0.1, -0.05) is 6.92 Å². The summed E-state index contributed by atoms with van der Waals surface area (Å²) in [6.07, 6.45) is 2.64. The van der Waals surface area contributed by atoms with Gasteiger partial charge < -0.3 is 15.5 Å². The summed E-state index contributed by atoms with van der Waals surface area (Å²) >= 11 is 0. The van der Waals surface area contributed by atoms with Crippen LogP contribution in [0.1, 0.15) is 33.1 Å². The minimum atomic E-state index is 0.0581. The highest BCUT2D eigenvalue weighted by molar-refractivity contribution is 5.92. The number of carbonyl (C=O) groups excluding carboxylic acids is 2. The number of nitrogens with zero attached hydrogens (tertiary/aromatic N) is 2. The van der Waals surface area contributed by atoms with E-state index in [9.17, 15) is 9.59 Å². The van der Waals surface area contributed by atoms with Crippen LogP contribution >= 0.6 is 0 Å². The van der Waals surface area contributed by atoms with Gasteiger partial charge in [-0.3, -0.25) is 9.59 Å². The first-order valence-electron chi connectivity index (χ1n) is 6.35. The van der Waals surface area contributed by atoms with Crippen molar-refractivity contribution in [2.24, 2.45) is 5.73 Å². The van der Waals surface area contributed by atoms with Gasteiger partial charge in [-0.05, 0) is 26.2 Å². The lowest BCUT2D eigenvalue weighted by atomic mass is 10.2. The zero-order chi connectivity index (χ0) is 12.8. The van der Waals surface area contributed by atoms with Gasteiger partial charge >= 0.3 is 0 Å². The van der Waals surface area contributed by atoms with Crippen LogP contribution in [0.25, 0.3) is 0 Å². The molecule has 5 nitrogen and oxygen atoms in total. The monoisotopic (exact) mass is 241 g/mol. The lowest BCUT2D eigenvalue weighted by Crippen LogP contribution is -2.54. The fraction of sp³-hybridized carbons (Fsp3) is 0.833. The number of hydrogen-bond acceptors (Lipinski definition) is 3. The molecule has 0 saturated carbocycles. The van der Waals surface area contributed by atoms with E-state index >= 15 is 0 Å². The van der Waals surface area contributed by atoms with Crippen molar-refractivity contribution in [3.8, 4) is 0 Å². The number of piperazine rings is 1. The molecule has 1 heterocycles. The Morgan fingerprint density at radius 2 is 1.71 bits per heavy atom. The van der Waals surface area contributed by atoms with Gasteiger partial charge in [0.1, 0.15) is 0 Å². The molecule has 5 heteroatoms. The molecule has 0 aromatic heterocycles. The van der Waals surface area contributed by atoms with Crippen molar-refractivity contribution in [2.75, 3.05) is 26.2 Å². The molecule has 2 N–H and O–H groups in total. The van der Waals surface area contributed by atoms with Crippen LogP contribution < -0.4 is 5.73 Å². The first kappa shape index (κ1) is 14.0. The van der Waals surface area contributed by atoms with Crippen LogP contribution in [0.3, 0.4) is 0 Å². The zero-order valence-electron chi connectivity index (χ0n) is 10.8. The van der Waals surface area contributed by atoms with Crippen LogP contribution in [-0.4, -0.2) is 53.8 Å². The SMILES string of the molecule is CCCN1CC(=O)N(CCCC(C)N)CC1=O. The van der Waals surface area contributed by atoms with Crippen LogP contribution in [0.15, 0.2) is 0 Å². The molecular weight excluding hydrogens is 218 g/mol. The summed E-state index contributed by atoms with van der Waals surface area (Å²) in [5, 5.41) is 0. The molecule has 1 fully saturated rings. The van der Waals surface area contributed by atoms with Gasteiger partial charge in [-0.15, -0.1) is 0 Å². The average Bonchev–Trinajstić information content (AvgIpc) is 2.24. The van der Waals surface area contributed by atoms with Crippen molar-refractivity contribution in [1.29, 1.82) is 0 Å². The van der Waals surface area contributed by atoms with Gasteiger partial charge in [0.25, 0.3) is 0 Å². The summed E-state index contributed by atoms with van der Waals surface area (Å²) in [5.41, 5.74) is 5.65. The Morgan fingerprint density at radius 1 is 1.18 bits per heavy atom. The van der Waals surface area contributed by atoms with Crippen molar-refractivity contribution >= 4 is 11.8 Å². The Labute approximate surface area is 103 Å². The van der Waals surface area contributed by atoms with Crippen LogP contribution in [0.5, 0.6) is 0 Å². The van der Waals surface area contributed by atoms with Gasteiger partial charge in [0.05, 0.1) is 13.1 Å². The second-order valence-electron chi connectivity index (χ2n) is 4.75. The van der Waals surface area contributed by atoms with E-state index in [1.165, 1.54) is 0 Å². The standard InChI is InChI=1S/C12H23N3O2/c1-3-6-14-8-12(17)15(9-11(14)16)7-4-5-10(2)13/h10H,3-9,13H2,1-2H3. The van der Waals surface area contributed by atoms with E-state index in [0.717, 1.165) is 19.3 Å². The van der Waals surface area contributed by atoms with Gasteiger partial charge in [0.2, 0.25) is 11.8 Å². The summed E-state index contributed by atoms with van der Waals surface area (Å²) in [6.45, 7) is 5.76. The Balaban J connectivity index is 2.39. The summed E-state index contributed by atoms with van der Waals surface area (Å²) in [7, 11) is 0. The Bertz CT molecular complexity index is 279. The molecule has 1 unspecified atom stereocenters. The lowest BCUT2D eigenvalue weighted by Gasteiger charge is -2.33. The molecule has 0 bridgehead atoms. The molecular formula is C12H23N3O2. The van der Waals surface area contributed by atoms with Crippen molar-refractivity contribution in [3.05, 3.63) is 0 Å². The highest BCUT2D eigenvalue weighted by Crippen LogP contribution is 2.07. The maximum atomic E-state index is 11.8. The zero-order valence-corrected chi connectivity index (χ0v) is 10.8. The summed E-state index contributed by atoms with van der Waals surface area (Å²) < 4.78 is 0. The van der Waals surface area contributed by atoms with E-state index in [-0.39, 0.29) is 30.9 Å². The first-order valence-corrected chi connectivity index (χ1v) is 6.35. The topological polar surface area (TPSA) is 66.6 Å². The third kappa shape index (κ3) is 4.34. The van der Waals surface area contributed by atoms with Crippen LogP contribution in [0.4, 0.5) is 0 Å². The summed E-state index contributed by atoms with van der Waals surface area (Å²) in [4.78, 5) is 26.8. The highest BCUT2D eigenvalue weighted by atomic mass is 16.2. The van der Waals surface area contributed by atoms with Crippen LogP contribution in [0, 0.1) is 0 Å². The minimum absolute atomic E-state index is 0.0581. The number of rotatable bonds is 6. The average molecular weight is 241 g/mol. The Morgan fingerprint density at radius 3 is 2.18 bits per heavy atom. The molecule has 0 aromatic rings. The van der Waals surface area contributed by atoms with E-state index in [2.05, 4.69) is 0 Å². The normalized spacial score (nSPS) is 18.8. The lowest BCUT2D eigenvalue weighted by molar-refractivity contribution is -0.150. The predicted octanol–water partition coefficient (Wildman–Crippen LogP) is 0.195. The molecule has 0 aromatic carbocycles. The van der Waals surface area contributed by atoms with Crippen molar-refractivity contribution in [1.82, 2.24) is 9.80 Å². The number of carbonyl (C=O) groups is 2. The number of nitrogens with two attached hydrogens (primary N) is 1. The first-order chi connectivity index (χ1) is 8.04. The fourth-order valence-electron chi connectivity index (χ4n) is 1.98. The molecule has 17 heavy (non-hydrogen) atoms. The van der Waals surface area contributed by atoms with E-state index in [1.54, 1.807) is 9.80 Å². The second kappa shape index (κ2) is 6.59. The molecule has 98 valence electrons. The number of amides is 2. The van der Waals surface area contributed by atoms with Crippen molar-refractivity contribution < 1.29 is 9.59 Å². The largest absolute Gasteiger partial charge is 0.332 e. The second-order valence-corrected chi connectivity index (χ2v) is 4.75. The maximum absolute atomic E-state index is 11.8. The van der Waals surface area contributed by atoms with Gasteiger partial charge in [-0.25, -0.2) is 0 Å². The molecule has 1 rings (SSSR count).